The SMILES string of the molecule is Cc1nc2cc3[nH]cnc(=S)c3cc2[nH]1. The molecule has 2 aromatic heterocycles. The minimum atomic E-state index is 0.609. The summed E-state index contributed by atoms with van der Waals surface area (Å²) in [5.74, 6) is 0.902. The van der Waals surface area contributed by atoms with Gasteiger partial charge in [0, 0.05) is 5.39 Å². The van der Waals surface area contributed by atoms with Gasteiger partial charge in [0.2, 0.25) is 0 Å². The van der Waals surface area contributed by atoms with Crippen LogP contribution in [0.25, 0.3) is 21.9 Å². The Morgan fingerprint density at radius 3 is 3.00 bits per heavy atom. The summed E-state index contributed by atoms with van der Waals surface area (Å²) in [6.45, 7) is 1.93. The summed E-state index contributed by atoms with van der Waals surface area (Å²) >= 11 is 5.16. The fourth-order valence-electron chi connectivity index (χ4n) is 1.71. The van der Waals surface area contributed by atoms with Crippen molar-refractivity contribution in [2.45, 2.75) is 6.92 Å². The minimum Gasteiger partial charge on any atom is -0.346 e. The fourth-order valence-corrected chi connectivity index (χ4v) is 1.93. The number of H-pyrrole nitrogens is 2. The molecule has 0 aliphatic heterocycles. The second-order valence-electron chi connectivity index (χ2n) is 3.44. The van der Waals surface area contributed by atoms with Crippen molar-refractivity contribution in [2.75, 3.05) is 0 Å². The zero-order valence-electron chi connectivity index (χ0n) is 8.03. The largest absolute Gasteiger partial charge is 0.346 e. The molecule has 1 aromatic carbocycles. The number of nitrogens with zero attached hydrogens (tertiary/aromatic N) is 2. The van der Waals surface area contributed by atoms with Crippen LogP contribution in [0, 0.1) is 11.6 Å². The molecule has 0 saturated carbocycles. The molecular formula is C10H8N4S. The number of hydrogen-bond donors (Lipinski definition) is 2. The summed E-state index contributed by atoms with van der Waals surface area (Å²) < 4.78 is 0.609. The Labute approximate surface area is 90.4 Å². The molecule has 15 heavy (non-hydrogen) atoms. The molecule has 3 rings (SSSR count). The van der Waals surface area contributed by atoms with Gasteiger partial charge >= 0.3 is 0 Å². The van der Waals surface area contributed by atoms with Crippen LogP contribution in [0.1, 0.15) is 5.82 Å². The Morgan fingerprint density at radius 2 is 2.13 bits per heavy atom. The van der Waals surface area contributed by atoms with E-state index in [1.54, 1.807) is 6.33 Å². The number of imidazole rings is 1. The molecule has 74 valence electrons. The first-order chi connectivity index (χ1) is 7.24. The maximum Gasteiger partial charge on any atom is 0.137 e. The van der Waals surface area contributed by atoms with Gasteiger partial charge in [-0.25, -0.2) is 9.97 Å². The van der Waals surface area contributed by atoms with Crippen molar-refractivity contribution in [3.8, 4) is 0 Å². The van der Waals surface area contributed by atoms with Gasteiger partial charge in [0.1, 0.15) is 10.5 Å². The summed E-state index contributed by atoms with van der Waals surface area (Å²) in [6.07, 6.45) is 1.61. The molecule has 0 amide bonds. The molecule has 2 heterocycles. The van der Waals surface area contributed by atoms with Crippen LogP contribution in [0.4, 0.5) is 0 Å². The number of hydrogen-bond acceptors (Lipinski definition) is 3. The van der Waals surface area contributed by atoms with Crippen LogP contribution in [-0.4, -0.2) is 19.9 Å². The normalized spacial score (nSPS) is 11.3. The molecule has 0 saturated heterocycles. The summed E-state index contributed by atoms with van der Waals surface area (Å²) in [7, 11) is 0. The van der Waals surface area contributed by atoms with Gasteiger partial charge < -0.3 is 9.97 Å². The maximum absolute atomic E-state index is 5.16. The quantitative estimate of drug-likeness (QED) is 0.567. The first-order valence-corrected chi connectivity index (χ1v) is 4.98. The van der Waals surface area contributed by atoms with E-state index in [1.165, 1.54) is 0 Å². The Bertz CT molecular complexity index is 710. The number of aromatic nitrogens is 4. The number of fused-ring (bicyclic) bond motifs is 2. The van der Waals surface area contributed by atoms with Crippen LogP contribution >= 0.6 is 12.2 Å². The highest BCUT2D eigenvalue weighted by atomic mass is 32.1. The number of nitrogens with one attached hydrogen (secondary N) is 2. The van der Waals surface area contributed by atoms with E-state index in [-0.39, 0.29) is 0 Å². The molecule has 0 aliphatic carbocycles. The molecule has 0 radical (unpaired) electrons. The topological polar surface area (TPSA) is 57.4 Å². The second-order valence-corrected chi connectivity index (χ2v) is 3.83. The van der Waals surface area contributed by atoms with E-state index in [0.29, 0.717) is 4.64 Å². The van der Waals surface area contributed by atoms with Crippen LogP contribution in [0.2, 0.25) is 0 Å². The number of rotatable bonds is 0. The third-order valence-electron chi connectivity index (χ3n) is 2.37. The van der Waals surface area contributed by atoms with Gasteiger partial charge in [0.15, 0.2) is 0 Å². The summed E-state index contributed by atoms with van der Waals surface area (Å²) in [6, 6.07) is 3.96. The Hall–Kier alpha value is -1.75. The van der Waals surface area contributed by atoms with Crippen LogP contribution < -0.4 is 0 Å². The second kappa shape index (κ2) is 2.87. The highest BCUT2D eigenvalue weighted by Crippen LogP contribution is 2.19. The fraction of sp³-hybridized carbons (Fsp3) is 0.100. The lowest BCUT2D eigenvalue weighted by Crippen LogP contribution is -1.83. The number of aromatic amines is 2. The highest BCUT2D eigenvalue weighted by molar-refractivity contribution is 7.71. The zero-order chi connectivity index (χ0) is 10.4. The van der Waals surface area contributed by atoms with Gasteiger partial charge in [-0.3, -0.25) is 0 Å². The van der Waals surface area contributed by atoms with E-state index in [2.05, 4.69) is 19.9 Å². The van der Waals surface area contributed by atoms with E-state index < -0.39 is 0 Å². The first-order valence-electron chi connectivity index (χ1n) is 4.58. The Balaban J connectivity index is 2.58. The third kappa shape index (κ3) is 1.24. The highest BCUT2D eigenvalue weighted by Gasteiger charge is 2.03. The average molecular weight is 216 g/mol. The molecular weight excluding hydrogens is 208 g/mol. The van der Waals surface area contributed by atoms with E-state index in [1.807, 2.05) is 19.1 Å². The first kappa shape index (κ1) is 8.55. The molecule has 3 aromatic rings. The molecule has 0 aliphatic rings. The van der Waals surface area contributed by atoms with Crippen molar-refractivity contribution in [3.05, 3.63) is 28.9 Å². The molecule has 2 N–H and O–H groups in total. The van der Waals surface area contributed by atoms with Crippen molar-refractivity contribution in [3.63, 3.8) is 0 Å². The van der Waals surface area contributed by atoms with Gasteiger partial charge in [-0.1, -0.05) is 12.2 Å². The van der Waals surface area contributed by atoms with Gasteiger partial charge in [-0.2, -0.15) is 0 Å². The van der Waals surface area contributed by atoms with E-state index in [0.717, 1.165) is 27.8 Å². The molecule has 0 atom stereocenters. The predicted molar refractivity (Wildman–Crippen MR) is 61.3 cm³/mol. The lowest BCUT2D eigenvalue weighted by atomic mass is 10.2. The van der Waals surface area contributed by atoms with Gasteiger partial charge in [0.25, 0.3) is 0 Å². The van der Waals surface area contributed by atoms with Crippen molar-refractivity contribution >= 4 is 34.2 Å². The van der Waals surface area contributed by atoms with E-state index in [9.17, 15) is 0 Å². The summed E-state index contributed by atoms with van der Waals surface area (Å²) in [5, 5.41) is 0.948. The van der Waals surface area contributed by atoms with E-state index in [4.69, 9.17) is 12.2 Å². The third-order valence-corrected chi connectivity index (χ3v) is 2.70. The van der Waals surface area contributed by atoms with Crippen LogP contribution in [0.5, 0.6) is 0 Å². The van der Waals surface area contributed by atoms with Gasteiger partial charge in [-0.05, 0) is 19.1 Å². The maximum atomic E-state index is 5.16. The van der Waals surface area contributed by atoms with Crippen molar-refractivity contribution < 1.29 is 0 Å². The lowest BCUT2D eigenvalue weighted by Gasteiger charge is -1.96. The zero-order valence-corrected chi connectivity index (χ0v) is 8.85. The Morgan fingerprint density at radius 1 is 1.27 bits per heavy atom. The monoisotopic (exact) mass is 216 g/mol. The molecule has 4 nitrogen and oxygen atoms in total. The molecule has 0 unspecified atom stereocenters. The van der Waals surface area contributed by atoms with Crippen molar-refractivity contribution in [2.24, 2.45) is 0 Å². The average Bonchev–Trinajstić information content (AvgIpc) is 2.55. The van der Waals surface area contributed by atoms with Crippen molar-refractivity contribution in [1.82, 2.24) is 19.9 Å². The minimum absolute atomic E-state index is 0.609. The smallest absolute Gasteiger partial charge is 0.137 e. The molecule has 0 spiro atoms. The molecule has 0 bridgehead atoms. The van der Waals surface area contributed by atoms with Crippen LogP contribution in [0.15, 0.2) is 18.5 Å². The summed E-state index contributed by atoms with van der Waals surface area (Å²) in [4.78, 5) is 14.6. The Kier molecular flexibility index (Phi) is 1.63. The van der Waals surface area contributed by atoms with E-state index >= 15 is 0 Å². The lowest BCUT2D eigenvalue weighted by molar-refractivity contribution is 1.17. The van der Waals surface area contributed by atoms with Gasteiger partial charge in [-0.15, -0.1) is 0 Å². The standard InChI is InChI=1S/C10H8N4S/c1-5-13-8-2-6-7(3-9(8)14-5)11-4-12-10(6)15/h2-4H,1H3,(H,13,14)(H,11,12,15). The van der Waals surface area contributed by atoms with Crippen LogP contribution in [0.3, 0.4) is 0 Å². The summed E-state index contributed by atoms with van der Waals surface area (Å²) in [5.41, 5.74) is 2.90. The van der Waals surface area contributed by atoms with Gasteiger partial charge in [0.05, 0.1) is 22.9 Å². The predicted octanol–water partition coefficient (Wildman–Crippen LogP) is 2.48. The molecule has 0 fully saturated rings. The van der Waals surface area contributed by atoms with Crippen molar-refractivity contribution in [1.29, 1.82) is 0 Å². The molecule has 5 heteroatoms. The number of aryl methyl sites for hydroxylation is 1. The van der Waals surface area contributed by atoms with Crippen LogP contribution in [-0.2, 0) is 0 Å². The number of benzene rings is 1.